The van der Waals surface area contributed by atoms with E-state index >= 15 is 0 Å². The molecule has 132 valence electrons. The van der Waals surface area contributed by atoms with Gasteiger partial charge in [-0.05, 0) is 50.2 Å². The van der Waals surface area contributed by atoms with Crippen LogP contribution < -0.4 is 10.6 Å². The second kappa shape index (κ2) is 7.65. The topological polar surface area (TPSA) is 78.9 Å². The molecule has 1 aliphatic rings. The van der Waals surface area contributed by atoms with Gasteiger partial charge in [0.15, 0.2) is 4.77 Å². The first-order valence-corrected chi connectivity index (χ1v) is 8.93. The minimum atomic E-state index is -0.578. The highest BCUT2D eigenvalue weighted by molar-refractivity contribution is 7.71. The maximum atomic E-state index is 12.4. The maximum Gasteiger partial charge on any atom is 0.246 e. The Hall–Kier alpha value is -2.41. The second-order valence-electron chi connectivity index (χ2n) is 6.39. The number of aromatic nitrogens is 2. The molecule has 0 bridgehead atoms. The smallest absolute Gasteiger partial charge is 0.246 e. The molecule has 1 aromatic heterocycles. The zero-order valence-corrected chi connectivity index (χ0v) is 14.9. The first-order chi connectivity index (χ1) is 12.0. The second-order valence-corrected chi connectivity index (χ2v) is 6.77. The van der Waals surface area contributed by atoms with E-state index in [0.717, 1.165) is 31.4 Å². The molecule has 0 radical (unpaired) electrons. The van der Waals surface area contributed by atoms with Crippen molar-refractivity contribution in [3.05, 3.63) is 41.4 Å². The van der Waals surface area contributed by atoms with E-state index in [2.05, 4.69) is 15.6 Å². The number of rotatable bonds is 5. The van der Waals surface area contributed by atoms with Crippen molar-refractivity contribution in [1.29, 1.82) is 0 Å². The Morgan fingerprint density at radius 1 is 1.32 bits per heavy atom. The first-order valence-electron chi connectivity index (χ1n) is 8.52. The van der Waals surface area contributed by atoms with E-state index in [1.165, 1.54) is 0 Å². The number of hydrogen-bond donors (Lipinski definition) is 3. The Kier molecular flexibility index (Phi) is 5.33. The zero-order chi connectivity index (χ0) is 17.8. The molecule has 0 saturated heterocycles. The van der Waals surface area contributed by atoms with Gasteiger partial charge in [0.2, 0.25) is 11.8 Å². The van der Waals surface area contributed by atoms with Gasteiger partial charge in [0.05, 0.1) is 0 Å². The van der Waals surface area contributed by atoms with Crippen molar-refractivity contribution in [1.82, 2.24) is 14.9 Å². The predicted molar refractivity (Wildman–Crippen MR) is 99.1 cm³/mol. The van der Waals surface area contributed by atoms with Gasteiger partial charge >= 0.3 is 0 Å². The third kappa shape index (κ3) is 4.17. The molecule has 1 unspecified atom stereocenters. The van der Waals surface area contributed by atoms with Gasteiger partial charge in [0.1, 0.15) is 6.04 Å². The quantitative estimate of drug-likeness (QED) is 0.718. The Labute approximate surface area is 151 Å². The Morgan fingerprint density at radius 2 is 2.08 bits per heavy atom. The average Bonchev–Trinajstić information content (AvgIpc) is 3.26. The first kappa shape index (κ1) is 17.4. The summed E-state index contributed by atoms with van der Waals surface area (Å²) in [4.78, 5) is 27.5. The summed E-state index contributed by atoms with van der Waals surface area (Å²) in [5, 5.41) is 5.66. The largest absolute Gasteiger partial charge is 0.344 e. The molecule has 1 fully saturated rings. The number of H-pyrrole nitrogens is 1. The van der Waals surface area contributed by atoms with Crippen LogP contribution in [-0.2, 0) is 9.59 Å². The third-order valence-electron chi connectivity index (χ3n) is 4.52. The van der Waals surface area contributed by atoms with Crippen LogP contribution in [0.25, 0.3) is 5.69 Å². The summed E-state index contributed by atoms with van der Waals surface area (Å²) in [6.07, 6.45) is 7.60. The van der Waals surface area contributed by atoms with E-state index in [0.29, 0.717) is 10.5 Å². The van der Waals surface area contributed by atoms with Crippen molar-refractivity contribution in [2.45, 2.75) is 38.6 Å². The Morgan fingerprint density at radius 3 is 2.76 bits per heavy atom. The number of amides is 2. The number of hydrogen-bond acceptors (Lipinski definition) is 3. The van der Waals surface area contributed by atoms with Crippen molar-refractivity contribution in [3.63, 3.8) is 0 Å². The summed E-state index contributed by atoms with van der Waals surface area (Å²) in [6.45, 7) is 1.70. The summed E-state index contributed by atoms with van der Waals surface area (Å²) < 4.78 is 2.40. The van der Waals surface area contributed by atoms with Gasteiger partial charge in [-0.25, -0.2) is 0 Å². The van der Waals surface area contributed by atoms with Crippen LogP contribution in [0, 0.1) is 10.7 Å². The number of anilines is 1. The normalized spacial score (nSPS) is 15.7. The van der Waals surface area contributed by atoms with Crippen molar-refractivity contribution in [2.24, 2.45) is 5.92 Å². The Bertz CT molecular complexity index is 820. The molecule has 0 spiro atoms. The SMILES string of the molecule is CC(NC(=O)C1CCCC1)C(=O)Nc1cccc(-n2cc[nH]c2=S)c1. The molecule has 3 N–H and O–H groups in total. The van der Waals surface area contributed by atoms with Crippen LogP contribution >= 0.6 is 12.2 Å². The molecular weight excluding hydrogens is 336 g/mol. The van der Waals surface area contributed by atoms with E-state index in [9.17, 15) is 9.59 Å². The van der Waals surface area contributed by atoms with Crippen molar-refractivity contribution >= 4 is 29.7 Å². The van der Waals surface area contributed by atoms with E-state index in [1.54, 1.807) is 13.1 Å². The van der Waals surface area contributed by atoms with Gasteiger partial charge in [-0.2, -0.15) is 0 Å². The van der Waals surface area contributed by atoms with Crippen LogP contribution in [-0.4, -0.2) is 27.4 Å². The minimum absolute atomic E-state index is 0.0208. The number of nitrogens with one attached hydrogen (secondary N) is 3. The molecule has 25 heavy (non-hydrogen) atoms. The minimum Gasteiger partial charge on any atom is -0.344 e. The molecule has 1 atom stereocenters. The molecule has 2 amide bonds. The molecule has 0 aliphatic heterocycles. The van der Waals surface area contributed by atoms with Crippen molar-refractivity contribution in [3.8, 4) is 5.69 Å². The van der Waals surface area contributed by atoms with Crippen LogP contribution in [0.3, 0.4) is 0 Å². The molecule has 1 heterocycles. The average molecular weight is 358 g/mol. The number of benzene rings is 1. The fourth-order valence-electron chi connectivity index (χ4n) is 3.09. The van der Waals surface area contributed by atoms with Crippen molar-refractivity contribution in [2.75, 3.05) is 5.32 Å². The van der Waals surface area contributed by atoms with E-state index in [1.807, 2.05) is 35.0 Å². The molecular formula is C18H22N4O2S. The number of carbonyl (C=O) groups excluding carboxylic acids is 2. The standard InChI is InChI=1S/C18H22N4O2S/c1-12(20-17(24)13-5-2-3-6-13)16(23)21-14-7-4-8-15(11-14)22-10-9-19-18(22)25/h4,7-13H,2-3,5-6H2,1H3,(H,19,25)(H,20,24)(H,21,23). The van der Waals surface area contributed by atoms with Gasteiger partial charge < -0.3 is 15.6 Å². The molecule has 3 rings (SSSR count). The number of carbonyl (C=O) groups is 2. The third-order valence-corrected chi connectivity index (χ3v) is 4.83. The lowest BCUT2D eigenvalue weighted by Gasteiger charge is -2.17. The van der Waals surface area contributed by atoms with Crippen molar-refractivity contribution < 1.29 is 9.59 Å². The maximum absolute atomic E-state index is 12.4. The molecule has 1 saturated carbocycles. The number of imidazole rings is 1. The highest BCUT2D eigenvalue weighted by Crippen LogP contribution is 2.24. The molecule has 1 aliphatic carbocycles. The zero-order valence-electron chi connectivity index (χ0n) is 14.1. The van der Waals surface area contributed by atoms with Gasteiger partial charge in [0, 0.05) is 29.7 Å². The molecule has 6 nitrogen and oxygen atoms in total. The predicted octanol–water partition coefficient (Wildman–Crippen LogP) is 3.17. The van der Waals surface area contributed by atoms with Crippen LogP contribution in [0.4, 0.5) is 5.69 Å². The van der Waals surface area contributed by atoms with E-state index < -0.39 is 6.04 Å². The van der Waals surface area contributed by atoms with Crippen LogP contribution in [0.2, 0.25) is 0 Å². The van der Waals surface area contributed by atoms with Gasteiger partial charge in [-0.3, -0.25) is 14.2 Å². The number of aromatic amines is 1. The fourth-order valence-corrected chi connectivity index (χ4v) is 3.33. The van der Waals surface area contributed by atoms with Gasteiger partial charge in [0.25, 0.3) is 0 Å². The summed E-state index contributed by atoms with van der Waals surface area (Å²) in [7, 11) is 0. The van der Waals surface area contributed by atoms with Crippen LogP contribution in [0.5, 0.6) is 0 Å². The monoisotopic (exact) mass is 358 g/mol. The van der Waals surface area contributed by atoms with E-state index in [-0.39, 0.29) is 17.7 Å². The highest BCUT2D eigenvalue weighted by atomic mass is 32.1. The summed E-state index contributed by atoms with van der Waals surface area (Å²) in [5.41, 5.74) is 1.51. The molecule has 2 aromatic rings. The van der Waals surface area contributed by atoms with Gasteiger partial charge in [-0.1, -0.05) is 18.9 Å². The lowest BCUT2D eigenvalue weighted by molar-refractivity contribution is -0.128. The molecule has 1 aromatic carbocycles. The van der Waals surface area contributed by atoms with E-state index in [4.69, 9.17) is 12.2 Å². The van der Waals surface area contributed by atoms with Gasteiger partial charge in [-0.15, -0.1) is 0 Å². The lowest BCUT2D eigenvalue weighted by atomic mass is 10.1. The van der Waals surface area contributed by atoms with Crippen LogP contribution in [0.1, 0.15) is 32.6 Å². The van der Waals surface area contributed by atoms with Crippen LogP contribution in [0.15, 0.2) is 36.7 Å². The number of nitrogens with zero attached hydrogens (tertiary/aromatic N) is 1. The summed E-state index contributed by atoms with van der Waals surface area (Å²) >= 11 is 5.21. The molecule has 7 heteroatoms. The summed E-state index contributed by atoms with van der Waals surface area (Å²) in [6, 6.07) is 6.83. The highest BCUT2D eigenvalue weighted by Gasteiger charge is 2.25. The Balaban J connectivity index is 1.63. The summed E-state index contributed by atoms with van der Waals surface area (Å²) in [5.74, 6) is -0.206. The lowest BCUT2D eigenvalue weighted by Crippen LogP contribution is -2.43. The fraction of sp³-hybridized carbons (Fsp3) is 0.389.